The third-order valence-electron chi connectivity index (χ3n) is 3.37. The molecule has 2 heterocycles. The minimum atomic E-state index is 0.236. The monoisotopic (exact) mass is 322 g/mol. The van der Waals surface area contributed by atoms with Gasteiger partial charge in [0.2, 0.25) is 0 Å². The molecule has 6 heteroatoms. The Balaban J connectivity index is 2.12. The van der Waals surface area contributed by atoms with E-state index in [4.69, 9.17) is 4.74 Å². The summed E-state index contributed by atoms with van der Waals surface area (Å²) in [5.41, 5.74) is 1.01. The third-order valence-corrected chi connectivity index (χ3v) is 4.06. The Kier molecular flexibility index (Phi) is 3.28. The first-order valence-corrected chi connectivity index (χ1v) is 7.00. The second-order valence-corrected chi connectivity index (χ2v) is 5.41. The SMILES string of the molecule is COc1ccc(Br)c(-c2nnc3n2CCNC3C)c1. The van der Waals surface area contributed by atoms with Crippen LogP contribution in [0.15, 0.2) is 22.7 Å². The lowest BCUT2D eigenvalue weighted by Crippen LogP contribution is -2.32. The van der Waals surface area contributed by atoms with E-state index < -0.39 is 0 Å². The first-order valence-electron chi connectivity index (χ1n) is 6.21. The van der Waals surface area contributed by atoms with Gasteiger partial charge in [0, 0.05) is 23.1 Å². The number of aromatic nitrogens is 3. The summed E-state index contributed by atoms with van der Waals surface area (Å²) in [7, 11) is 1.66. The summed E-state index contributed by atoms with van der Waals surface area (Å²) >= 11 is 3.57. The Morgan fingerprint density at radius 3 is 3.05 bits per heavy atom. The van der Waals surface area contributed by atoms with Crippen LogP contribution in [0.1, 0.15) is 18.8 Å². The van der Waals surface area contributed by atoms with Crippen LogP contribution in [-0.2, 0) is 6.54 Å². The van der Waals surface area contributed by atoms with Crippen molar-refractivity contribution in [3.05, 3.63) is 28.5 Å². The molecule has 3 rings (SSSR count). The second-order valence-electron chi connectivity index (χ2n) is 4.56. The number of nitrogens with zero attached hydrogens (tertiary/aromatic N) is 3. The molecule has 0 amide bonds. The number of rotatable bonds is 2. The molecule has 0 saturated heterocycles. The molecule has 0 radical (unpaired) electrons. The van der Waals surface area contributed by atoms with Crippen molar-refractivity contribution in [2.45, 2.75) is 19.5 Å². The minimum absolute atomic E-state index is 0.236. The zero-order valence-corrected chi connectivity index (χ0v) is 12.4. The molecule has 1 aromatic carbocycles. The summed E-state index contributed by atoms with van der Waals surface area (Å²) < 4.78 is 8.44. The van der Waals surface area contributed by atoms with E-state index in [1.54, 1.807) is 7.11 Å². The van der Waals surface area contributed by atoms with Crippen LogP contribution in [0.3, 0.4) is 0 Å². The van der Waals surface area contributed by atoms with Crippen molar-refractivity contribution in [1.82, 2.24) is 20.1 Å². The van der Waals surface area contributed by atoms with Crippen LogP contribution in [0.4, 0.5) is 0 Å². The van der Waals surface area contributed by atoms with Crippen LogP contribution in [0.2, 0.25) is 0 Å². The molecular weight excluding hydrogens is 308 g/mol. The standard InChI is InChI=1S/C13H15BrN4O/c1-8-12-16-17-13(18(12)6-5-15-8)10-7-9(19-2)3-4-11(10)14/h3-4,7-8,15H,5-6H2,1-2H3. The van der Waals surface area contributed by atoms with Crippen LogP contribution >= 0.6 is 15.9 Å². The highest BCUT2D eigenvalue weighted by atomic mass is 79.9. The number of hydrogen-bond acceptors (Lipinski definition) is 4. The third kappa shape index (κ3) is 2.15. The molecule has 0 aliphatic carbocycles. The first kappa shape index (κ1) is 12.6. The fourth-order valence-corrected chi connectivity index (χ4v) is 2.77. The lowest BCUT2D eigenvalue weighted by Gasteiger charge is -2.22. The zero-order valence-electron chi connectivity index (χ0n) is 10.9. The average Bonchev–Trinajstić information content (AvgIpc) is 2.85. The lowest BCUT2D eigenvalue weighted by molar-refractivity contribution is 0.414. The first-order chi connectivity index (χ1) is 9.20. The van der Waals surface area contributed by atoms with Gasteiger partial charge < -0.3 is 14.6 Å². The van der Waals surface area contributed by atoms with E-state index in [9.17, 15) is 0 Å². The van der Waals surface area contributed by atoms with E-state index in [2.05, 4.69) is 42.9 Å². The van der Waals surface area contributed by atoms with Gasteiger partial charge in [-0.1, -0.05) is 15.9 Å². The summed E-state index contributed by atoms with van der Waals surface area (Å²) in [4.78, 5) is 0. The van der Waals surface area contributed by atoms with Gasteiger partial charge in [-0.2, -0.15) is 0 Å². The number of benzene rings is 1. The van der Waals surface area contributed by atoms with Crippen molar-refractivity contribution < 1.29 is 4.74 Å². The van der Waals surface area contributed by atoms with Crippen molar-refractivity contribution >= 4 is 15.9 Å². The number of nitrogens with one attached hydrogen (secondary N) is 1. The van der Waals surface area contributed by atoms with Crippen LogP contribution in [0, 0.1) is 0 Å². The molecule has 0 saturated carbocycles. The molecule has 5 nitrogen and oxygen atoms in total. The predicted octanol–water partition coefficient (Wildman–Crippen LogP) is 2.38. The molecule has 1 N–H and O–H groups in total. The van der Waals surface area contributed by atoms with Gasteiger partial charge in [0.1, 0.15) is 11.6 Å². The lowest BCUT2D eigenvalue weighted by atomic mass is 10.2. The number of fused-ring (bicyclic) bond motifs is 1. The van der Waals surface area contributed by atoms with Gasteiger partial charge >= 0.3 is 0 Å². The van der Waals surface area contributed by atoms with Crippen molar-refractivity contribution in [2.75, 3.05) is 13.7 Å². The maximum Gasteiger partial charge on any atom is 0.165 e. The van der Waals surface area contributed by atoms with Crippen molar-refractivity contribution in [2.24, 2.45) is 0 Å². The van der Waals surface area contributed by atoms with Gasteiger partial charge in [0.25, 0.3) is 0 Å². The number of halogens is 1. The van der Waals surface area contributed by atoms with E-state index in [1.165, 1.54) is 0 Å². The number of ether oxygens (including phenoxy) is 1. The zero-order chi connectivity index (χ0) is 13.4. The van der Waals surface area contributed by atoms with E-state index in [-0.39, 0.29) is 6.04 Å². The fraction of sp³-hybridized carbons (Fsp3) is 0.385. The van der Waals surface area contributed by atoms with Gasteiger partial charge in [-0.05, 0) is 25.1 Å². The Hall–Kier alpha value is -1.40. The van der Waals surface area contributed by atoms with Gasteiger partial charge in [-0.3, -0.25) is 0 Å². The smallest absolute Gasteiger partial charge is 0.165 e. The highest BCUT2D eigenvalue weighted by Crippen LogP contribution is 2.32. The average molecular weight is 323 g/mol. The van der Waals surface area contributed by atoms with E-state index in [1.807, 2.05) is 18.2 Å². The summed E-state index contributed by atoms with van der Waals surface area (Å²) in [6.45, 7) is 3.91. The molecule has 1 aliphatic rings. The van der Waals surface area contributed by atoms with Crippen molar-refractivity contribution in [3.8, 4) is 17.1 Å². The highest BCUT2D eigenvalue weighted by molar-refractivity contribution is 9.10. The predicted molar refractivity (Wildman–Crippen MR) is 76.1 cm³/mol. The molecule has 0 bridgehead atoms. The summed E-state index contributed by atoms with van der Waals surface area (Å²) in [6, 6.07) is 6.11. The van der Waals surface area contributed by atoms with E-state index in [0.29, 0.717) is 0 Å². The fourth-order valence-electron chi connectivity index (χ4n) is 2.34. The summed E-state index contributed by atoms with van der Waals surface area (Å²) in [6.07, 6.45) is 0. The maximum atomic E-state index is 5.28. The molecule has 1 atom stereocenters. The Morgan fingerprint density at radius 1 is 1.42 bits per heavy atom. The van der Waals surface area contributed by atoms with Gasteiger partial charge in [0.05, 0.1) is 13.2 Å². The molecule has 2 aromatic rings. The molecule has 1 aliphatic heterocycles. The molecule has 0 spiro atoms. The van der Waals surface area contributed by atoms with E-state index in [0.717, 1.165) is 40.5 Å². The van der Waals surface area contributed by atoms with Crippen LogP contribution in [0.25, 0.3) is 11.4 Å². The maximum absolute atomic E-state index is 5.28. The van der Waals surface area contributed by atoms with Crippen molar-refractivity contribution in [3.63, 3.8) is 0 Å². The topological polar surface area (TPSA) is 52.0 Å². The van der Waals surface area contributed by atoms with Gasteiger partial charge in [-0.15, -0.1) is 10.2 Å². The second kappa shape index (κ2) is 4.94. The highest BCUT2D eigenvalue weighted by Gasteiger charge is 2.23. The van der Waals surface area contributed by atoms with Crippen LogP contribution in [-0.4, -0.2) is 28.4 Å². The van der Waals surface area contributed by atoms with Crippen molar-refractivity contribution in [1.29, 1.82) is 0 Å². The molecule has 19 heavy (non-hydrogen) atoms. The Labute approximate surface area is 120 Å². The molecule has 100 valence electrons. The molecule has 1 unspecified atom stereocenters. The number of hydrogen-bond donors (Lipinski definition) is 1. The normalized spacial score (nSPS) is 18.2. The molecule has 0 fully saturated rings. The van der Waals surface area contributed by atoms with Gasteiger partial charge in [0.15, 0.2) is 5.82 Å². The van der Waals surface area contributed by atoms with Crippen LogP contribution in [0.5, 0.6) is 5.75 Å². The largest absolute Gasteiger partial charge is 0.497 e. The quantitative estimate of drug-likeness (QED) is 0.922. The van der Waals surface area contributed by atoms with Crippen LogP contribution < -0.4 is 10.1 Å². The van der Waals surface area contributed by atoms with E-state index >= 15 is 0 Å². The Morgan fingerprint density at radius 2 is 2.26 bits per heavy atom. The Bertz CT molecular complexity index is 611. The minimum Gasteiger partial charge on any atom is -0.497 e. The summed E-state index contributed by atoms with van der Waals surface area (Å²) in [5.74, 6) is 2.68. The molecular formula is C13H15BrN4O. The van der Waals surface area contributed by atoms with Gasteiger partial charge in [-0.25, -0.2) is 0 Å². The number of methoxy groups -OCH3 is 1. The summed E-state index contributed by atoms with van der Waals surface area (Å²) in [5, 5.41) is 12.0. The molecule has 1 aromatic heterocycles.